The summed E-state index contributed by atoms with van der Waals surface area (Å²) in [6.07, 6.45) is 7.78. The van der Waals surface area contributed by atoms with Crippen molar-refractivity contribution in [2.45, 2.75) is 84.0 Å². The Bertz CT molecular complexity index is 560. The van der Waals surface area contributed by atoms with Gasteiger partial charge in [-0.15, -0.1) is 0 Å². The Labute approximate surface area is 138 Å². The van der Waals surface area contributed by atoms with Gasteiger partial charge < -0.3 is 9.63 Å². The maximum absolute atomic E-state index is 10.7. The van der Waals surface area contributed by atoms with Gasteiger partial charge in [0.05, 0.1) is 5.69 Å². The number of aryl methyl sites for hydroxylation is 1. The smallest absolute Gasteiger partial charge is 0.303 e. The third-order valence-electron chi connectivity index (χ3n) is 5.13. The van der Waals surface area contributed by atoms with Gasteiger partial charge in [-0.1, -0.05) is 25.9 Å². The van der Waals surface area contributed by atoms with Crippen molar-refractivity contribution in [1.29, 1.82) is 0 Å². The molecule has 1 heterocycles. The first-order chi connectivity index (χ1) is 10.8. The van der Waals surface area contributed by atoms with E-state index in [4.69, 9.17) is 9.63 Å². The van der Waals surface area contributed by atoms with Crippen molar-refractivity contribution in [2.75, 3.05) is 0 Å². The quantitative estimate of drug-likeness (QED) is 0.777. The van der Waals surface area contributed by atoms with Crippen LogP contribution in [0.2, 0.25) is 0 Å². The highest BCUT2D eigenvalue weighted by Gasteiger charge is 2.40. The number of hydrogen-bond donors (Lipinski definition) is 1. The fourth-order valence-electron chi connectivity index (χ4n) is 4.02. The molecule has 0 amide bonds. The van der Waals surface area contributed by atoms with E-state index in [1.807, 2.05) is 0 Å². The molecule has 2 fully saturated rings. The van der Waals surface area contributed by atoms with Crippen LogP contribution in [0.15, 0.2) is 4.52 Å². The Balaban J connectivity index is 1.62. The van der Waals surface area contributed by atoms with Crippen molar-refractivity contribution in [1.82, 2.24) is 5.16 Å². The monoisotopic (exact) mass is 319 g/mol. The molecule has 4 heteroatoms. The highest BCUT2D eigenvalue weighted by molar-refractivity contribution is 5.66. The van der Waals surface area contributed by atoms with Crippen molar-refractivity contribution in [3.63, 3.8) is 0 Å². The Hall–Kier alpha value is -1.32. The van der Waals surface area contributed by atoms with Crippen LogP contribution in [0.1, 0.15) is 94.6 Å². The number of hydrogen-bond acceptors (Lipinski definition) is 3. The maximum atomic E-state index is 10.7. The number of nitrogens with zero attached hydrogens (tertiary/aromatic N) is 1. The van der Waals surface area contributed by atoms with Crippen molar-refractivity contribution in [3.8, 4) is 0 Å². The summed E-state index contributed by atoms with van der Waals surface area (Å²) >= 11 is 0. The summed E-state index contributed by atoms with van der Waals surface area (Å²) < 4.78 is 5.63. The summed E-state index contributed by atoms with van der Waals surface area (Å²) in [5, 5.41) is 13.2. The molecule has 1 N–H and O–H groups in total. The minimum absolute atomic E-state index is 0.206. The van der Waals surface area contributed by atoms with Gasteiger partial charge in [0.1, 0.15) is 5.76 Å². The van der Waals surface area contributed by atoms with Gasteiger partial charge in [-0.05, 0) is 55.8 Å². The Morgan fingerprint density at radius 1 is 1.26 bits per heavy atom. The van der Waals surface area contributed by atoms with Crippen LogP contribution < -0.4 is 0 Å². The zero-order valence-electron chi connectivity index (χ0n) is 14.6. The second kappa shape index (κ2) is 6.29. The lowest BCUT2D eigenvalue weighted by molar-refractivity contribution is -0.137. The second-order valence-electron chi connectivity index (χ2n) is 8.73. The van der Waals surface area contributed by atoms with E-state index in [1.54, 1.807) is 0 Å². The van der Waals surface area contributed by atoms with Gasteiger partial charge in [-0.3, -0.25) is 4.79 Å². The molecule has 0 radical (unpaired) electrons. The second-order valence-corrected chi connectivity index (χ2v) is 8.73. The zero-order chi connectivity index (χ0) is 16.6. The SMILES string of the molecule is CC(C)(C)CC1CC(c2noc(CCCC(=O)O)c2C2CC2)C1. The fraction of sp³-hybridized carbons (Fsp3) is 0.789. The van der Waals surface area contributed by atoms with E-state index in [-0.39, 0.29) is 6.42 Å². The van der Waals surface area contributed by atoms with Gasteiger partial charge in [-0.25, -0.2) is 0 Å². The predicted octanol–water partition coefficient (Wildman–Crippen LogP) is 4.89. The largest absolute Gasteiger partial charge is 0.481 e. The number of carboxylic acid groups (broad SMARTS) is 1. The number of aromatic nitrogens is 1. The Kier molecular flexibility index (Phi) is 4.52. The lowest BCUT2D eigenvalue weighted by atomic mass is 9.66. The topological polar surface area (TPSA) is 63.3 Å². The van der Waals surface area contributed by atoms with Crippen LogP contribution in [0, 0.1) is 11.3 Å². The fourth-order valence-corrected chi connectivity index (χ4v) is 4.02. The van der Waals surface area contributed by atoms with Gasteiger partial charge in [0.15, 0.2) is 0 Å². The van der Waals surface area contributed by atoms with Crippen LogP contribution in [0.3, 0.4) is 0 Å². The van der Waals surface area contributed by atoms with Crippen LogP contribution in [0.5, 0.6) is 0 Å². The zero-order valence-corrected chi connectivity index (χ0v) is 14.6. The maximum Gasteiger partial charge on any atom is 0.303 e. The third-order valence-corrected chi connectivity index (χ3v) is 5.13. The molecule has 2 aliphatic carbocycles. The lowest BCUT2D eigenvalue weighted by Gasteiger charge is -2.38. The first-order valence-corrected chi connectivity index (χ1v) is 9.03. The molecule has 0 aromatic carbocycles. The van der Waals surface area contributed by atoms with Crippen LogP contribution in [-0.4, -0.2) is 16.2 Å². The van der Waals surface area contributed by atoms with Crippen LogP contribution in [0.4, 0.5) is 0 Å². The molecule has 0 atom stereocenters. The molecule has 0 unspecified atom stereocenters. The molecule has 0 aliphatic heterocycles. The first-order valence-electron chi connectivity index (χ1n) is 9.03. The molecule has 2 aliphatic rings. The van der Waals surface area contributed by atoms with Gasteiger partial charge in [-0.2, -0.15) is 0 Å². The average Bonchev–Trinajstić information content (AvgIpc) is 3.14. The number of aliphatic carboxylic acids is 1. The summed E-state index contributed by atoms with van der Waals surface area (Å²) in [4.78, 5) is 10.7. The van der Waals surface area contributed by atoms with E-state index >= 15 is 0 Å². The van der Waals surface area contributed by atoms with Crippen molar-refractivity contribution >= 4 is 5.97 Å². The van der Waals surface area contributed by atoms with Gasteiger partial charge >= 0.3 is 5.97 Å². The minimum Gasteiger partial charge on any atom is -0.481 e. The highest BCUT2D eigenvalue weighted by atomic mass is 16.5. The van der Waals surface area contributed by atoms with E-state index < -0.39 is 5.97 Å². The summed E-state index contributed by atoms with van der Waals surface area (Å²) in [5.74, 6) is 2.23. The molecular weight excluding hydrogens is 290 g/mol. The normalized spacial score (nSPS) is 24.5. The molecule has 0 spiro atoms. The van der Waals surface area contributed by atoms with Crippen molar-refractivity contribution in [2.24, 2.45) is 11.3 Å². The average molecular weight is 319 g/mol. The predicted molar refractivity (Wildman–Crippen MR) is 88.6 cm³/mol. The molecule has 2 saturated carbocycles. The molecule has 0 bridgehead atoms. The summed E-state index contributed by atoms with van der Waals surface area (Å²) in [6, 6.07) is 0. The molecule has 23 heavy (non-hydrogen) atoms. The first kappa shape index (κ1) is 16.5. The molecule has 4 nitrogen and oxygen atoms in total. The summed E-state index contributed by atoms with van der Waals surface area (Å²) in [7, 11) is 0. The van der Waals surface area contributed by atoms with Crippen molar-refractivity contribution < 1.29 is 14.4 Å². The van der Waals surface area contributed by atoms with Gasteiger partial charge in [0, 0.05) is 24.3 Å². The molecule has 3 rings (SSSR count). The van der Waals surface area contributed by atoms with Crippen molar-refractivity contribution in [3.05, 3.63) is 17.0 Å². The molecule has 128 valence electrons. The van der Waals surface area contributed by atoms with Gasteiger partial charge in [0.2, 0.25) is 0 Å². The Morgan fingerprint density at radius 3 is 2.52 bits per heavy atom. The van der Waals surface area contributed by atoms with E-state index in [2.05, 4.69) is 25.9 Å². The number of rotatable bonds is 7. The highest BCUT2D eigenvalue weighted by Crippen LogP contribution is 2.52. The van der Waals surface area contributed by atoms with E-state index in [9.17, 15) is 4.79 Å². The van der Waals surface area contributed by atoms with Gasteiger partial charge in [0.25, 0.3) is 0 Å². The number of carbonyl (C=O) groups is 1. The van der Waals surface area contributed by atoms with Crippen LogP contribution >= 0.6 is 0 Å². The van der Waals surface area contributed by atoms with Crippen LogP contribution in [-0.2, 0) is 11.2 Å². The van der Waals surface area contributed by atoms with Crippen LogP contribution in [0.25, 0.3) is 0 Å². The molecule has 1 aromatic rings. The standard InChI is InChI=1S/C19H29NO3/c1-19(2,3)11-12-9-14(10-12)18-17(13-7-8-13)15(23-20-18)5-4-6-16(21)22/h12-14H,4-11H2,1-3H3,(H,21,22). The Morgan fingerprint density at radius 2 is 1.96 bits per heavy atom. The van der Waals surface area contributed by atoms with E-state index in [0.29, 0.717) is 30.1 Å². The molecule has 0 saturated heterocycles. The summed E-state index contributed by atoms with van der Waals surface area (Å²) in [6.45, 7) is 6.94. The third kappa shape index (κ3) is 4.15. The van der Waals surface area contributed by atoms with E-state index in [1.165, 1.54) is 43.4 Å². The molecule has 1 aromatic heterocycles. The van der Waals surface area contributed by atoms with E-state index in [0.717, 1.165) is 11.7 Å². The minimum atomic E-state index is -0.735. The number of carboxylic acids is 1. The molecular formula is C19H29NO3. The lowest BCUT2D eigenvalue weighted by Crippen LogP contribution is -2.27. The summed E-state index contributed by atoms with van der Waals surface area (Å²) in [5.41, 5.74) is 2.94.